The lowest BCUT2D eigenvalue weighted by Gasteiger charge is -2.42. The number of hydrogen-bond donors (Lipinski definition) is 2. The quantitative estimate of drug-likeness (QED) is 0.765. The molecule has 0 radical (unpaired) electrons. The Kier molecular flexibility index (Phi) is 5.42. The predicted molar refractivity (Wildman–Crippen MR) is 94.0 cm³/mol. The highest BCUT2D eigenvalue weighted by atomic mass is 32.1. The fraction of sp³-hybridized carbons (Fsp3) is 0.500. The van der Waals surface area contributed by atoms with Gasteiger partial charge < -0.3 is 10.4 Å². The van der Waals surface area contributed by atoms with Crippen molar-refractivity contribution in [3.8, 4) is 9.88 Å². The smallest absolute Gasteiger partial charge is 0.317 e. The van der Waals surface area contributed by atoms with E-state index in [4.69, 9.17) is 5.11 Å². The zero-order valence-corrected chi connectivity index (χ0v) is 14.7. The maximum atomic E-state index is 10.8. The Labute approximate surface area is 144 Å². The zero-order chi connectivity index (χ0) is 16.2. The van der Waals surface area contributed by atoms with Crippen molar-refractivity contribution >= 4 is 28.6 Å². The van der Waals surface area contributed by atoms with Crippen LogP contribution < -0.4 is 5.32 Å². The lowest BCUT2D eigenvalue weighted by molar-refractivity contribution is -0.139. The molecule has 7 heteroatoms. The minimum absolute atomic E-state index is 0.143. The molecule has 0 amide bonds. The van der Waals surface area contributed by atoms with E-state index in [2.05, 4.69) is 27.1 Å². The molecule has 0 aromatic carbocycles. The van der Waals surface area contributed by atoms with Crippen LogP contribution in [0.25, 0.3) is 9.88 Å². The molecule has 0 spiro atoms. The highest BCUT2D eigenvalue weighted by Gasteiger charge is 2.33. The number of nitrogens with zero attached hydrogens (tertiary/aromatic N) is 2. The molecule has 0 bridgehead atoms. The van der Waals surface area contributed by atoms with Gasteiger partial charge in [0.25, 0.3) is 0 Å². The van der Waals surface area contributed by atoms with Gasteiger partial charge in [-0.25, -0.2) is 4.98 Å². The average molecular weight is 351 g/mol. The Morgan fingerprint density at radius 1 is 1.48 bits per heavy atom. The second kappa shape index (κ2) is 7.53. The summed E-state index contributed by atoms with van der Waals surface area (Å²) in [4.78, 5) is 18.8. The Hall–Kier alpha value is -1.28. The molecule has 2 N–H and O–H groups in total. The number of aromatic nitrogens is 1. The van der Waals surface area contributed by atoms with Crippen LogP contribution in [0.3, 0.4) is 0 Å². The van der Waals surface area contributed by atoms with Gasteiger partial charge in [0.1, 0.15) is 5.01 Å². The Morgan fingerprint density at radius 3 is 2.96 bits per heavy atom. The molecule has 3 rings (SSSR count). The van der Waals surface area contributed by atoms with Crippen LogP contribution in [-0.2, 0) is 11.3 Å². The molecule has 0 unspecified atom stereocenters. The number of likely N-dealkylation sites (N-methyl/N-ethyl adjacent to an activating group) is 1. The fourth-order valence-electron chi connectivity index (χ4n) is 2.88. The minimum Gasteiger partial charge on any atom is -0.480 e. The number of carboxylic acids is 1. The molecule has 0 atom stereocenters. The third kappa shape index (κ3) is 4.17. The molecule has 1 aliphatic carbocycles. The summed E-state index contributed by atoms with van der Waals surface area (Å²) < 4.78 is 0. The standard InChI is InChI=1S/C16H21N3O2S2/c1-2-19(9-15(20)21)13-6-11(7-13)17-8-12-10-23-16(18-12)14-4-3-5-22-14/h3-5,10-11,13,17H,2,6-9H2,1H3,(H,20,21). The molecular formula is C16H21N3O2S2. The van der Waals surface area contributed by atoms with Crippen LogP contribution in [0.2, 0.25) is 0 Å². The van der Waals surface area contributed by atoms with Crippen LogP contribution in [0.5, 0.6) is 0 Å². The van der Waals surface area contributed by atoms with E-state index in [1.165, 1.54) is 4.88 Å². The van der Waals surface area contributed by atoms with Gasteiger partial charge in [-0.05, 0) is 30.8 Å². The number of thiazole rings is 1. The molecule has 1 fully saturated rings. The van der Waals surface area contributed by atoms with Gasteiger partial charge in [0, 0.05) is 24.0 Å². The van der Waals surface area contributed by atoms with Gasteiger partial charge in [0.2, 0.25) is 0 Å². The first-order valence-corrected chi connectivity index (χ1v) is 9.59. The largest absolute Gasteiger partial charge is 0.480 e. The summed E-state index contributed by atoms with van der Waals surface area (Å²) in [7, 11) is 0. The van der Waals surface area contributed by atoms with Crippen LogP contribution in [0.1, 0.15) is 25.5 Å². The second-order valence-corrected chi connectivity index (χ2v) is 7.59. The van der Waals surface area contributed by atoms with Crippen molar-refractivity contribution in [3.63, 3.8) is 0 Å². The van der Waals surface area contributed by atoms with Crippen LogP contribution in [0, 0.1) is 0 Å². The van der Waals surface area contributed by atoms with Crippen molar-refractivity contribution in [2.45, 2.75) is 38.4 Å². The lowest BCUT2D eigenvalue weighted by Crippen LogP contribution is -2.53. The van der Waals surface area contributed by atoms with E-state index in [0.29, 0.717) is 12.1 Å². The van der Waals surface area contributed by atoms with Gasteiger partial charge in [0.15, 0.2) is 0 Å². The molecule has 2 aromatic heterocycles. The Morgan fingerprint density at radius 2 is 2.30 bits per heavy atom. The van der Waals surface area contributed by atoms with Crippen molar-refractivity contribution in [2.24, 2.45) is 0 Å². The van der Waals surface area contributed by atoms with Crippen molar-refractivity contribution in [2.75, 3.05) is 13.1 Å². The Bertz CT molecular complexity index is 636. The van der Waals surface area contributed by atoms with E-state index < -0.39 is 5.97 Å². The number of aliphatic carboxylic acids is 1. The van der Waals surface area contributed by atoms with E-state index in [0.717, 1.165) is 36.6 Å². The summed E-state index contributed by atoms with van der Waals surface area (Å²) in [6.07, 6.45) is 2.03. The van der Waals surface area contributed by atoms with Crippen LogP contribution >= 0.6 is 22.7 Å². The summed E-state index contributed by atoms with van der Waals surface area (Å²) in [5, 5.41) is 17.7. The SMILES string of the molecule is CCN(CC(=O)O)C1CC(NCc2csc(-c3cccs3)n2)C1. The van der Waals surface area contributed by atoms with E-state index in [9.17, 15) is 4.79 Å². The van der Waals surface area contributed by atoms with Crippen LogP contribution in [0.4, 0.5) is 0 Å². The van der Waals surface area contributed by atoms with Crippen LogP contribution in [0.15, 0.2) is 22.9 Å². The number of nitrogens with one attached hydrogen (secondary N) is 1. The van der Waals surface area contributed by atoms with Gasteiger partial charge in [-0.1, -0.05) is 13.0 Å². The topological polar surface area (TPSA) is 65.5 Å². The first-order chi connectivity index (χ1) is 11.2. The molecule has 1 saturated carbocycles. The van der Waals surface area contributed by atoms with Gasteiger partial charge in [0.05, 0.1) is 17.1 Å². The summed E-state index contributed by atoms with van der Waals surface area (Å²) in [6.45, 7) is 3.74. The number of thiophene rings is 1. The molecule has 2 heterocycles. The lowest BCUT2D eigenvalue weighted by atomic mass is 9.85. The molecule has 0 aliphatic heterocycles. The van der Waals surface area contributed by atoms with Gasteiger partial charge in [-0.15, -0.1) is 22.7 Å². The first-order valence-electron chi connectivity index (χ1n) is 7.83. The maximum absolute atomic E-state index is 10.8. The normalized spacial score (nSPS) is 20.6. The van der Waals surface area contributed by atoms with E-state index in [-0.39, 0.29) is 6.54 Å². The summed E-state index contributed by atoms with van der Waals surface area (Å²) in [6, 6.07) is 5.00. The molecule has 0 saturated heterocycles. The molecule has 2 aromatic rings. The Balaban J connectivity index is 1.43. The van der Waals surface area contributed by atoms with Crippen molar-refractivity contribution in [1.82, 2.24) is 15.2 Å². The molecular weight excluding hydrogens is 330 g/mol. The van der Waals surface area contributed by atoms with Crippen molar-refractivity contribution in [3.05, 3.63) is 28.6 Å². The minimum atomic E-state index is -0.744. The fourth-order valence-corrected chi connectivity index (χ4v) is 4.51. The first kappa shape index (κ1) is 16.6. The number of carbonyl (C=O) groups is 1. The van der Waals surface area contributed by atoms with Gasteiger partial charge >= 0.3 is 5.97 Å². The highest BCUT2D eigenvalue weighted by molar-refractivity contribution is 7.20. The third-order valence-corrected chi connectivity index (χ3v) is 6.16. The van der Waals surface area contributed by atoms with E-state index in [1.807, 2.05) is 17.9 Å². The highest BCUT2D eigenvalue weighted by Crippen LogP contribution is 2.29. The third-order valence-electron chi connectivity index (χ3n) is 4.23. The molecule has 1 aliphatic rings. The monoisotopic (exact) mass is 351 g/mol. The zero-order valence-electron chi connectivity index (χ0n) is 13.1. The van der Waals surface area contributed by atoms with Crippen molar-refractivity contribution in [1.29, 1.82) is 0 Å². The maximum Gasteiger partial charge on any atom is 0.317 e. The van der Waals surface area contributed by atoms with E-state index >= 15 is 0 Å². The van der Waals surface area contributed by atoms with Gasteiger partial charge in [-0.3, -0.25) is 9.69 Å². The summed E-state index contributed by atoms with van der Waals surface area (Å²) in [5.74, 6) is -0.744. The predicted octanol–water partition coefficient (Wildman–Crippen LogP) is 2.90. The van der Waals surface area contributed by atoms with Crippen molar-refractivity contribution < 1.29 is 9.90 Å². The number of hydrogen-bond acceptors (Lipinski definition) is 6. The second-order valence-electron chi connectivity index (χ2n) is 5.78. The van der Waals surface area contributed by atoms with Crippen LogP contribution in [-0.4, -0.2) is 46.1 Å². The van der Waals surface area contributed by atoms with E-state index in [1.54, 1.807) is 22.7 Å². The molecule has 23 heavy (non-hydrogen) atoms. The summed E-state index contributed by atoms with van der Waals surface area (Å²) in [5.41, 5.74) is 1.08. The number of carboxylic acid groups (broad SMARTS) is 1. The average Bonchev–Trinajstić information content (AvgIpc) is 3.14. The van der Waals surface area contributed by atoms with Gasteiger partial charge in [-0.2, -0.15) is 0 Å². The summed E-state index contributed by atoms with van der Waals surface area (Å²) >= 11 is 3.40. The molecule has 124 valence electrons. The molecule has 5 nitrogen and oxygen atoms in total. The number of rotatable bonds is 8.